The number of rotatable bonds is 8. The summed E-state index contributed by atoms with van der Waals surface area (Å²) in [7, 11) is -2.04. The van der Waals surface area contributed by atoms with Gasteiger partial charge < -0.3 is 15.6 Å². The lowest BCUT2D eigenvalue weighted by Crippen LogP contribution is -2.21. The van der Waals surface area contributed by atoms with Gasteiger partial charge in [0, 0.05) is 19.2 Å². The largest absolute Gasteiger partial charge is 0.462 e. The standard InChI is InChI=1S/C13H18O5S.C11H10FN3O/c1-10(2)18-13(15)9-19(16,17)12-5-3-11(4-6-12)7-8-14;1-15-10(11(13)16)6-9(14-15)7-2-4-8(12)5-3-7/h3-6,10,14H,7-9H2,1-2H3;2-6H,1H3,(H2,13,16). The van der Waals surface area contributed by atoms with Crippen molar-refractivity contribution in [2.24, 2.45) is 12.8 Å². The van der Waals surface area contributed by atoms with E-state index < -0.39 is 27.5 Å². The van der Waals surface area contributed by atoms with E-state index in [2.05, 4.69) is 5.10 Å². The third kappa shape index (κ3) is 8.30. The van der Waals surface area contributed by atoms with Crippen LogP contribution in [-0.4, -0.2) is 53.6 Å². The average molecular weight is 506 g/mol. The highest BCUT2D eigenvalue weighted by atomic mass is 32.2. The molecule has 11 heteroatoms. The van der Waals surface area contributed by atoms with Gasteiger partial charge >= 0.3 is 5.97 Å². The van der Waals surface area contributed by atoms with Crippen molar-refractivity contribution >= 4 is 21.7 Å². The number of nitrogens with two attached hydrogens (primary N) is 1. The Balaban J connectivity index is 0.000000250. The minimum atomic E-state index is -3.67. The Morgan fingerprint density at radius 2 is 1.71 bits per heavy atom. The number of benzene rings is 2. The van der Waals surface area contributed by atoms with E-state index in [4.69, 9.17) is 15.6 Å². The predicted octanol–water partition coefficient (Wildman–Crippen LogP) is 2.27. The lowest BCUT2D eigenvalue weighted by atomic mass is 10.1. The van der Waals surface area contributed by atoms with Gasteiger partial charge in [-0.3, -0.25) is 14.3 Å². The second-order valence-electron chi connectivity index (χ2n) is 7.82. The van der Waals surface area contributed by atoms with Crippen LogP contribution in [0.25, 0.3) is 11.3 Å². The molecule has 0 bridgehead atoms. The number of sulfone groups is 1. The summed E-state index contributed by atoms with van der Waals surface area (Å²) in [5.41, 5.74) is 7.66. The van der Waals surface area contributed by atoms with Crippen molar-refractivity contribution < 1.29 is 32.2 Å². The summed E-state index contributed by atoms with van der Waals surface area (Å²) >= 11 is 0. The minimum absolute atomic E-state index is 0.00676. The van der Waals surface area contributed by atoms with E-state index in [1.54, 1.807) is 51.2 Å². The fourth-order valence-corrected chi connectivity index (χ4v) is 4.08. The maximum atomic E-state index is 12.7. The molecule has 1 heterocycles. The Morgan fingerprint density at radius 3 is 2.20 bits per heavy atom. The molecule has 2 aromatic carbocycles. The summed E-state index contributed by atoms with van der Waals surface area (Å²) in [5.74, 6) is -2.27. The Morgan fingerprint density at radius 1 is 1.11 bits per heavy atom. The molecular weight excluding hydrogens is 477 g/mol. The number of amides is 1. The number of carbonyl (C=O) groups excluding carboxylic acids is 2. The monoisotopic (exact) mass is 505 g/mol. The first-order chi connectivity index (χ1) is 16.4. The van der Waals surface area contributed by atoms with Gasteiger partial charge in [0.25, 0.3) is 5.91 Å². The van der Waals surface area contributed by atoms with Gasteiger partial charge in [-0.1, -0.05) is 12.1 Å². The smallest absolute Gasteiger partial charge is 0.321 e. The third-order valence-corrected chi connectivity index (χ3v) is 6.24. The van der Waals surface area contributed by atoms with Crippen molar-refractivity contribution in [3.8, 4) is 11.3 Å². The topological polar surface area (TPSA) is 142 Å². The van der Waals surface area contributed by atoms with Crippen LogP contribution in [0.4, 0.5) is 4.39 Å². The molecule has 0 unspecified atom stereocenters. The van der Waals surface area contributed by atoms with Crippen LogP contribution >= 0.6 is 0 Å². The maximum absolute atomic E-state index is 12.7. The number of aryl methyl sites for hydroxylation is 1. The SMILES string of the molecule is CC(C)OC(=O)CS(=O)(=O)c1ccc(CCO)cc1.Cn1nc(-c2ccc(F)cc2)cc1C(N)=O. The Bertz CT molecular complexity index is 1250. The molecule has 0 aliphatic heterocycles. The van der Waals surface area contributed by atoms with Gasteiger partial charge in [-0.25, -0.2) is 12.8 Å². The lowest BCUT2D eigenvalue weighted by molar-refractivity contribution is -0.144. The van der Waals surface area contributed by atoms with E-state index in [-0.39, 0.29) is 23.4 Å². The number of carbonyl (C=O) groups is 2. The minimum Gasteiger partial charge on any atom is -0.462 e. The van der Waals surface area contributed by atoms with Gasteiger partial charge in [0.05, 0.1) is 16.7 Å². The van der Waals surface area contributed by atoms with Crippen molar-refractivity contribution in [1.29, 1.82) is 0 Å². The second kappa shape index (κ2) is 12.2. The van der Waals surface area contributed by atoms with E-state index in [1.807, 2.05) is 0 Å². The first-order valence-electron chi connectivity index (χ1n) is 10.6. The number of nitrogens with zero attached hydrogens (tertiary/aromatic N) is 2. The van der Waals surface area contributed by atoms with Crippen LogP contribution in [0.15, 0.2) is 59.5 Å². The zero-order chi connectivity index (χ0) is 26.2. The van der Waals surface area contributed by atoms with Crippen LogP contribution in [-0.2, 0) is 32.8 Å². The molecule has 0 saturated heterocycles. The van der Waals surface area contributed by atoms with Crippen LogP contribution in [0.5, 0.6) is 0 Å². The highest BCUT2D eigenvalue weighted by Gasteiger charge is 2.21. The highest BCUT2D eigenvalue weighted by molar-refractivity contribution is 7.92. The van der Waals surface area contributed by atoms with E-state index in [0.29, 0.717) is 17.8 Å². The van der Waals surface area contributed by atoms with Crippen LogP contribution in [0, 0.1) is 5.82 Å². The van der Waals surface area contributed by atoms with Gasteiger partial charge in [0.2, 0.25) is 0 Å². The summed E-state index contributed by atoms with van der Waals surface area (Å²) in [6.45, 7) is 3.33. The average Bonchev–Trinajstić information content (AvgIpc) is 3.16. The Hall–Kier alpha value is -3.57. The number of hydrogen-bond acceptors (Lipinski definition) is 7. The van der Waals surface area contributed by atoms with Crippen LogP contribution in [0.1, 0.15) is 29.9 Å². The maximum Gasteiger partial charge on any atom is 0.321 e. The molecule has 1 aromatic heterocycles. The number of hydrogen-bond donors (Lipinski definition) is 2. The van der Waals surface area contributed by atoms with E-state index in [9.17, 15) is 22.4 Å². The van der Waals surface area contributed by atoms with E-state index in [0.717, 1.165) is 11.1 Å². The second-order valence-corrected chi connectivity index (χ2v) is 9.81. The van der Waals surface area contributed by atoms with Gasteiger partial charge in [0.1, 0.15) is 11.5 Å². The van der Waals surface area contributed by atoms with Crippen molar-refractivity contribution in [2.75, 3.05) is 12.4 Å². The van der Waals surface area contributed by atoms with Crippen LogP contribution in [0.2, 0.25) is 0 Å². The van der Waals surface area contributed by atoms with Crippen molar-refractivity contribution in [3.05, 3.63) is 71.7 Å². The van der Waals surface area contributed by atoms with Gasteiger partial charge in [-0.05, 0) is 68.3 Å². The number of halogens is 1. The van der Waals surface area contributed by atoms with E-state index in [1.165, 1.54) is 28.9 Å². The zero-order valence-corrected chi connectivity index (χ0v) is 20.5. The predicted molar refractivity (Wildman–Crippen MR) is 128 cm³/mol. The summed E-state index contributed by atoms with van der Waals surface area (Å²) in [6.07, 6.45) is 0.130. The molecule has 0 aliphatic rings. The summed E-state index contributed by atoms with van der Waals surface area (Å²) < 4.78 is 42.8. The van der Waals surface area contributed by atoms with Crippen molar-refractivity contribution in [2.45, 2.75) is 31.3 Å². The van der Waals surface area contributed by atoms with Gasteiger partial charge in [-0.15, -0.1) is 0 Å². The summed E-state index contributed by atoms with van der Waals surface area (Å²) in [4.78, 5) is 22.5. The summed E-state index contributed by atoms with van der Waals surface area (Å²) in [6, 6.07) is 13.6. The number of ether oxygens (including phenoxy) is 1. The molecule has 0 spiro atoms. The molecule has 0 fully saturated rings. The van der Waals surface area contributed by atoms with E-state index >= 15 is 0 Å². The molecule has 3 rings (SSSR count). The number of aliphatic hydroxyl groups excluding tert-OH is 1. The van der Waals surface area contributed by atoms with Gasteiger partial charge in [-0.2, -0.15) is 5.10 Å². The molecule has 3 aromatic rings. The normalized spacial score (nSPS) is 11.0. The number of aliphatic hydroxyl groups is 1. The molecular formula is C24H28FN3O6S. The first kappa shape index (κ1) is 27.7. The Labute approximate surface area is 203 Å². The fraction of sp³-hybridized carbons (Fsp3) is 0.292. The quantitative estimate of drug-likeness (QED) is 0.447. The molecule has 35 heavy (non-hydrogen) atoms. The number of esters is 1. The zero-order valence-electron chi connectivity index (χ0n) is 19.6. The first-order valence-corrected chi connectivity index (χ1v) is 12.3. The molecule has 0 radical (unpaired) electrons. The number of aromatic nitrogens is 2. The molecule has 9 nitrogen and oxygen atoms in total. The third-order valence-electron chi connectivity index (χ3n) is 4.63. The molecule has 3 N–H and O–H groups in total. The Kier molecular flexibility index (Phi) is 9.67. The summed E-state index contributed by atoms with van der Waals surface area (Å²) in [5, 5.41) is 12.9. The molecule has 0 atom stereocenters. The highest BCUT2D eigenvalue weighted by Crippen LogP contribution is 2.19. The lowest BCUT2D eigenvalue weighted by Gasteiger charge is -2.08. The molecule has 188 valence electrons. The van der Waals surface area contributed by atoms with Gasteiger partial charge in [0.15, 0.2) is 15.6 Å². The molecule has 1 amide bonds. The van der Waals surface area contributed by atoms with Crippen LogP contribution < -0.4 is 5.73 Å². The fourth-order valence-electron chi connectivity index (χ4n) is 2.99. The van der Waals surface area contributed by atoms with Crippen molar-refractivity contribution in [1.82, 2.24) is 9.78 Å². The molecule has 0 aliphatic carbocycles. The number of primary amides is 1. The van der Waals surface area contributed by atoms with Crippen LogP contribution in [0.3, 0.4) is 0 Å². The molecule has 0 saturated carbocycles. The van der Waals surface area contributed by atoms with Crippen molar-refractivity contribution in [3.63, 3.8) is 0 Å².